The molecule has 0 unspecified atom stereocenters. The Balaban J connectivity index is 1.49. The van der Waals surface area contributed by atoms with Gasteiger partial charge in [-0.1, -0.05) is 60.1 Å². The summed E-state index contributed by atoms with van der Waals surface area (Å²) in [6.07, 6.45) is 2.18. The summed E-state index contributed by atoms with van der Waals surface area (Å²) in [5.74, 6) is -0.480. The molecular formula is C30H31ClN4O4. The Morgan fingerprint density at radius 3 is 2.51 bits per heavy atom. The van der Waals surface area contributed by atoms with Crippen LogP contribution in [-0.2, 0) is 16.1 Å². The van der Waals surface area contributed by atoms with Crippen LogP contribution in [0.25, 0.3) is 10.9 Å². The number of carbonyl (C=O) groups is 1. The van der Waals surface area contributed by atoms with Crippen LogP contribution in [0.3, 0.4) is 0 Å². The molecule has 1 aromatic heterocycles. The van der Waals surface area contributed by atoms with Gasteiger partial charge >= 0.3 is 0 Å². The van der Waals surface area contributed by atoms with Crippen molar-refractivity contribution < 1.29 is 14.5 Å². The molecule has 9 heteroatoms. The summed E-state index contributed by atoms with van der Waals surface area (Å²) in [5, 5.41) is 16.0. The minimum atomic E-state index is -0.388. The maximum atomic E-state index is 13.2. The van der Waals surface area contributed by atoms with Crippen molar-refractivity contribution in [3.05, 3.63) is 111 Å². The van der Waals surface area contributed by atoms with E-state index in [2.05, 4.69) is 14.8 Å². The fraction of sp³-hybridized carbons (Fsp3) is 0.300. The van der Waals surface area contributed by atoms with Crippen LogP contribution in [0, 0.1) is 10.1 Å². The Labute approximate surface area is 232 Å². The van der Waals surface area contributed by atoms with Crippen LogP contribution in [0.15, 0.2) is 79.0 Å². The molecule has 8 nitrogen and oxygen atoms in total. The zero-order valence-corrected chi connectivity index (χ0v) is 22.3. The summed E-state index contributed by atoms with van der Waals surface area (Å²) < 4.78 is 7.49. The second kappa shape index (κ2) is 12.4. The molecule has 1 atom stereocenters. The van der Waals surface area contributed by atoms with Crippen LogP contribution in [-0.4, -0.2) is 59.7 Å². The van der Waals surface area contributed by atoms with Gasteiger partial charge in [0.2, 0.25) is 5.91 Å². The molecule has 5 rings (SSSR count). The highest BCUT2D eigenvalue weighted by atomic mass is 35.5. The number of ether oxygens (including phenoxy) is 1. The standard InChI is InChI=1S/C30H31ClN4O4/c31-28-9-5-4-8-24(28)25(19-30(36)32-12-13-33-14-16-39-17-15-33)27-21-34(20-22-6-2-1-3-7-22)29-11-10-23(35(37)38)18-26(27)29/h1-11,18,21,25H,12-17,19-20H2,(H,32,36)/t25-/m0/s1. The molecule has 3 aromatic carbocycles. The minimum absolute atomic E-state index is 0.00841. The monoisotopic (exact) mass is 546 g/mol. The van der Waals surface area contributed by atoms with Gasteiger partial charge < -0.3 is 14.6 Å². The number of benzene rings is 3. The first-order chi connectivity index (χ1) is 19.0. The van der Waals surface area contributed by atoms with Crippen molar-refractivity contribution in [1.82, 2.24) is 14.8 Å². The molecular weight excluding hydrogens is 516 g/mol. The summed E-state index contributed by atoms with van der Waals surface area (Å²) in [6, 6.07) is 22.4. The van der Waals surface area contributed by atoms with E-state index in [0.717, 1.165) is 47.2 Å². The molecule has 1 fully saturated rings. The van der Waals surface area contributed by atoms with E-state index in [1.807, 2.05) is 60.8 Å². The molecule has 1 saturated heterocycles. The molecule has 1 N–H and O–H groups in total. The average Bonchev–Trinajstić information content (AvgIpc) is 3.30. The quantitative estimate of drug-likeness (QED) is 0.217. The fourth-order valence-electron chi connectivity index (χ4n) is 5.20. The maximum absolute atomic E-state index is 13.2. The van der Waals surface area contributed by atoms with Crippen LogP contribution in [0.2, 0.25) is 5.02 Å². The lowest BCUT2D eigenvalue weighted by Crippen LogP contribution is -2.41. The molecule has 202 valence electrons. The number of aromatic nitrogens is 1. The molecule has 0 saturated carbocycles. The summed E-state index contributed by atoms with van der Waals surface area (Å²) in [4.78, 5) is 26.8. The van der Waals surface area contributed by atoms with Crippen molar-refractivity contribution in [3.8, 4) is 0 Å². The lowest BCUT2D eigenvalue weighted by atomic mass is 9.88. The smallest absolute Gasteiger partial charge is 0.270 e. The second-order valence-corrected chi connectivity index (χ2v) is 10.1. The van der Waals surface area contributed by atoms with Gasteiger partial charge in [0.25, 0.3) is 5.69 Å². The van der Waals surface area contributed by atoms with Crippen molar-refractivity contribution in [3.63, 3.8) is 0 Å². The number of fused-ring (bicyclic) bond motifs is 1. The largest absolute Gasteiger partial charge is 0.379 e. The van der Waals surface area contributed by atoms with E-state index < -0.39 is 0 Å². The van der Waals surface area contributed by atoms with Crippen LogP contribution in [0.5, 0.6) is 0 Å². The number of rotatable bonds is 10. The van der Waals surface area contributed by atoms with E-state index in [0.29, 0.717) is 31.3 Å². The van der Waals surface area contributed by atoms with Gasteiger partial charge in [0, 0.05) is 79.3 Å². The van der Waals surface area contributed by atoms with Crippen molar-refractivity contribution in [2.45, 2.75) is 18.9 Å². The predicted octanol–water partition coefficient (Wildman–Crippen LogP) is 5.22. The molecule has 1 aliphatic rings. The van der Waals surface area contributed by atoms with Crippen molar-refractivity contribution >= 4 is 34.1 Å². The number of morpholine rings is 1. The molecule has 0 radical (unpaired) electrons. The third-order valence-corrected chi connectivity index (χ3v) is 7.55. The number of nitro groups is 1. The summed E-state index contributed by atoms with van der Waals surface area (Å²) in [7, 11) is 0. The average molecular weight is 547 g/mol. The van der Waals surface area contributed by atoms with Gasteiger partial charge in [-0.2, -0.15) is 0 Å². The normalized spacial score (nSPS) is 14.8. The number of nitro benzene ring substituents is 1. The van der Waals surface area contributed by atoms with Crippen LogP contribution in [0.1, 0.15) is 29.0 Å². The van der Waals surface area contributed by atoms with E-state index in [4.69, 9.17) is 16.3 Å². The van der Waals surface area contributed by atoms with Crippen molar-refractivity contribution in [1.29, 1.82) is 0 Å². The number of carbonyl (C=O) groups excluding carboxylic acids is 1. The third-order valence-electron chi connectivity index (χ3n) is 7.20. The molecule has 0 bridgehead atoms. The van der Waals surface area contributed by atoms with Gasteiger partial charge in [0.05, 0.1) is 18.1 Å². The van der Waals surface area contributed by atoms with Gasteiger partial charge in [-0.25, -0.2) is 0 Å². The van der Waals surface area contributed by atoms with Crippen molar-refractivity contribution in [2.24, 2.45) is 0 Å². The molecule has 0 spiro atoms. The number of halogens is 1. The molecule has 1 aliphatic heterocycles. The Hall–Kier alpha value is -3.72. The summed E-state index contributed by atoms with van der Waals surface area (Å²) in [6.45, 7) is 5.03. The summed E-state index contributed by atoms with van der Waals surface area (Å²) >= 11 is 6.66. The Morgan fingerprint density at radius 2 is 1.77 bits per heavy atom. The minimum Gasteiger partial charge on any atom is -0.379 e. The van der Waals surface area contributed by atoms with Crippen LogP contribution < -0.4 is 5.32 Å². The number of hydrogen-bond donors (Lipinski definition) is 1. The third kappa shape index (κ3) is 6.47. The Kier molecular flexibility index (Phi) is 8.56. The first kappa shape index (κ1) is 26.9. The van der Waals surface area contributed by atoms with Gasteiger partial charge in [-0.15, -0.1) is 0 Å². The second-order valence-electron chi connectivity index (χ2n) is 9.74. The van der Waals surface area contributed by atoms with E-state index in [9.17, 15) is 14.9 Å². The molecule has 39 heavy (non-hydrogen) atoms. The SMILES string of the molecule is O=C(C[C@@H](c1ccccc1Cl)c1cn(Cc2ccccc2)c2ccc([N+](=O)[O-])cc12)NCCN1CCOCC1. The maximum Gasteiger partial charge on any atom is 0.270 e. The van der Waals surface area contributed by atoms with Gasteiger partial charge in [-0.05, 0) is 28.8 Å². The van der Waals surface area contributed by atoms with E-state index >= 15 is 0 Å². The first-order valence-electron chi connectivity index (χ1n) is 13.1. The van der Waals surface area contributed by atoms with Crippen molar-refractivity contribution in [2.75, 3.05) is 39.4 Å². The van der Waals surface area contributed by atoms with Gasteiger partial charge in [0.1, 0.15) is 0 Å². The Bertz CT molecular complexity index is 1450. The zero-order valence-electron chi connectivity index (χ0n) is 21.6. The lowest BCUT2D eigenvalue weighted by Gasteiger charge is -2.26. The highest BCUT2D eigenvalue weighted by Gasteiger charge is 2.26. The zero-order chi connectivity index (χ0) is 27.2. The molecule has 0 aliphatic carbocycles. The number of non-ortho nitro benzene ring substituents is 1. The molecule has 2 heterocycles. The fourth-order valence-corrected chi connectivity index (χ4v) is 5.46. The molecule has 1 amide bonds. The Morgan fingerprint density at radius 1 is 1.03 bits per heavy atom. The summed E-state index contributed by atoms with van der Waals surface area (Å²) in [5.41, 5.74) is 3.63. The van der Waals surface area contributed by atoms with E-state index in [1.165, 1.54) is 6.07 Å². The molecule has 4 aromatic rings. The lowest BCUT2D eigenvalue weighted by molar-refractivity contribution is -0.384. The van der Waals surface area contributed by atoms with E-state index in [-0.39, 0.29) is 28.9 Å². The van der Waals surface area contributed by atoms with E-state index in [1.54, 1.807) is 12.1 Å². The number of nitrogens with one attached hydrogen (secondary N) is 1. The predicted molar refractivity (Wildman–Crippen MR) is 152 cm³/mol. The van der Waals surface area contributed by atoms with Crippen LogP contribution >= 0.6 is 11.6 Å². The topological polar surface area (TPSA) is 89.6 Å². The highest BCUT2D eigenvalue weighted by molar-refractivity contribution is 6.31. The van der Waals surface area contributed by atoms with Crippen LogP contribution in [0.4, 0.5) is 5.69 Å². The highest BCUT2D eigenvalue weighted by Crippen LogP contribution is 2.39. The number of hydrogen-bond acceptors (Lipinski definition) is 5. The number of nitrogens with zero attached hydrogens (tertiary/aromatic N) is 3. The number of amides is 1. The van der Waals surface area contributed by atoms with Gasteiger partial charge in [0.15, 0.2) is 0 Å². The first-order valence-corrected chi connectivity index (χ1v) is 13.5. The van der Waals surface area contributed by atoms with Gasteiger partial charge in [-0.3, -0.25) is 19.8 Å².